The minimum Gasteiger partial charge on any atom is -0.283 e. The summed E-state index contributed by atoms with van der Waals surface area (Å²) in [6, 6.07) is 10.3. The minimum absolute atomic E-state index is 0.559. The normalized spacial score (nSPS) is 17.8. The lowest BCUT2D eigenvalue weighted by Crippen LogP contribution is -2.41. The summed E-state index contributed by atoms with van der Waals surface area (Å²) in [6.45, 7) is 3.23. The zero-order valence-electron chi connectivity index (χ0n) is 19.3. The Morgan fingerprint density at radius 1 is 0.667 bits per heavy atom. The highest BCUT2D eigenvalue weighted by Crippen LogP contribution is 2.25. The third-order valence-corrected chi connectivity index (χ3v) is 6.14. The number of nitrogens with zero attached hydrogens (tertiary/aromatic N) is 3. The van der Waals surface area contributed by atoms with E-state index in [4.69, 9.17) is 0 Å². The molecule has 0 radical (unpaired) electrons. The van der Waals surface area contributed by atoms with Gasteiger partial charge in [0.15, 0.2) is 5.66 Å². The standard InChI is InChI=1S/C26H44N4/c1-2-3-4-5-6-7-8-9-10-11-12-13-14-15-16-20-23-27-26(24-28-30-29-26)25-21-18-17-19-22-25/h17-19,21-22,24,27H,2-16,20,23H2,1H3. The topological polar surface area (TPSA) is 49.1 Å². The van der Waals surface area contributed by atoms with Gasteiger partial charge in [-0.15, -0.1) is 10.2 Å². The van der Waals surface area contributed by atoms with Crippen molar-refractivity contribution in [3.63, 3.8) is 0 Å². The molecule has 4 nitrogen and oxygen atoms in total. The number of benzene rings is 1. The van der Waals surface area contributed by atoms with E-state index in [-0.39, 0.29) is 0 Å². The van der Waals surface area contributed by atoms with E-state index in [1.165, 1.54) is 103 Å². The highest BCUT2D eigenvalue weighted by Gasteiger charge is 2.32. The monoisotopic (exact) mass is 412 g/mol. The lowest BCUT2D eigenvalue weighted by molar-refractivity contribution is 0.448. The Morgan fingerprint density at radius 3 is 1.63 bits per heavy atom. The first-order valence-electron chi connectivity index (χ1n) is 12.6. The molecule has 4 heteroatoms. The maximum absolute atomic E-state index is 4.34. The van der Waals surface area contributed by atoms with Crippen molar-refractivity contribution in [3.05, 3.63) is 35.9 Å². The molecular weight excluding hydrogens is 368 g/mol. The van der Waals surface area contributed by atoms with Gasteiger partial charge in [0.2, 0.25) is 0 Å². The molecule has 1 aliphatic heterocycles. The van der Waals surface area contributed by atoms with Gasteiger partial charge in [-0.3, -0.25) is 5.32 Å². The van der Waals surface area contributed by atoms with Gasteiger partial charge in [-0.25, -0.2) is 0 Å². The van der Waals surface area contributed by atoms with Crippen molar-refractivity contribution in [3.8, 4) is 0 Å². The van der Waals surface area contributed by atoms with Crippen LogP contribution in [0.25, 0.3) is 0 Å². The van der Waals surface area contributed by atoms with Crippen LogP contribution in [0.4, 0.5) is 0 Å². The van der Waals surface area contributed by atoms with Crippen LogP contribution in [0.2, 0.25) is 0 Å². The van der Waals surface area contributed by atoms with Crippen molar-refractivity contribution in [1.29, 1.82) is 0 Å². The molecule has 0 saturated carbocycles. The molecule has 1 atom stereocenters. The zero-order valence-corrected chi connectivity index (χ0v) is 19.3. The molecule has 0 bridgehead atoms. The lowest BCUT2D eigenvalue weighted by atomic mass is 10.0. The molecule has 0 amide bonds. The maximum Gasteiger partial charge on any atom is 0.197 e. The smallest absolute Gasteiger partial charge is 0.197 e. The second-order valence-corrected chi connectivity index (χ2v) is 8.80. The number of hydrogen-bond acceptors (Lipinski definition) is 4. The van der Waals surface area contributed by atoms with E-state index in [2.05, 4.69) is 39.8 Å². The summed E-state index contributed by atoms with van der Waals surface area (Å²) in [4.78, 5) is 0. The van der Waals surface area contributed by atoms with Crippen molar-refractivity contribution >= 4 is 6.21 Å². The van der Waals surface area contributed by atoms with Crippen LogP contribution in [0.15, 0.2) is 45.8 Å². The van der Waals surface area contributed by atoms with Crippen molar-refractivity contribution in [1.82, 2.24) is 5.32 Å². The number of rotatable bonds is 19. The molecule has 1 aliphatic rings. The van der Waals surface area contributed by atoms with Crippen LogP contribution in [0.5, 0.6) is 0 Å². The van der Waals surface area contributed by atoms with E-state index in [1.54, 1.807) is 0 Å². The molecule has 1 aromatic carbocycles. The number of nitrogens with one attached hydrogen (secondary N) is 1. The Kier molecular flexibility index (Phi) is 13.3. The molecule has 0 fully saturated rings. The molecule has 1 aromatic rings. The summed E-state index contributed by atoms with van der Waals surface area (Å²) in [5, 5.41) is 15.7. The fourth-order valence-corrected chi connectivity index (χ4v) is 4.19. The van der Waals surface area contributed by atoms with Gasteiger partial charge < -0.3 is 0 Å². The van der Waals surface area contributed by atoms with Crippen LogP contribution in [0.1, 0.15) is 115 Å². The van der Waals surface area contributed by atoms with Gasteiger partial charge in [-0.05, 0) is 18.2 Å². The van der Waals surface area contributed by atoms with Crippen molar-refractivity contribution in [2.45, 2.75) is 115 Å². The lowest BCUT2D eigenvalue weighted by Gasteiger charge is -2.23. The van der Waals surface area contributed by atoms with Gasteiger partial charge in [0.1, 0.15) is 0 Å². The minimum atomic E-state index is -0.559. The molecule has 1 heterocycles. The Hall–Kier alpha value is -1.55. The van der Waals surface area contributed by atoms with Crippen LogP contribution in [0, 0.1) is 0 Å². The van der Waals surface area contributed by atoms with Crippen molar-refractivity contribution in [2.24, 2.45) is 15.4 Å². The summed E-state index contributed by atoms with van der Waals surface area (Å²) >= 11 is 0. The summed E-state index contributed by atoms with van der Waals surface area (Å²) in [5.41, 5.74) is 0.544. The molecule has 0 saturated heterocycles. The van der Waals surface area contributed by atoms with E-state index < -0.39 is 5.66 Å². The third-order valence-electron chi connectivity index (χ3n) is 6.14. The molecule has 30 heavy (non-hydrogen) atoms. The van der Waals surface area contributed by atoms with E-state index in [9.17, 15) is 0 Å². The van der Waals surface area contributed by atoms with Gasteiger partial charge in [0, 0.05) is 5.56 Å². The fourth-order valence-electron chi connectivity index (χ4n) is 4.19. The largest absolute Gasteiger partial charge is 0.283 e. The van der Waals surface area contributed by atoms with Gasteiger partial charge in [-0.2, -0.15) is 0 Å². The molecule has 1 unspecified atom stereocenters. The van der Waals surface area contributed by atoms with Crippen molar-refractivity contribution < 1.29 is 0 Å². The van der Waals surface area contributed by atoms with Crippen molar-refractivity contribution in [2.75, 3.05) is 6.54 Å². The first-order valence-corrected chi connectivity index (χ1v) is 12.6. The number of hydrogen-bond donors (Lipinski definition) is 1. The van der Waals surface area contributed by atoms with E-state index in [1.807, 2.05) is 24.4 Å². The number of unbranched alkanes of at least 4 members (excludes halogenated alkanes) is 15. The van der Waals surface area contributed by atoms with Crippen LogP contribution in [0.3, 0.4) is 0 Å². The summed E-state index contributed by atoms with van der Waals surface area (Å²) in [5.74, 6) is 0. The van der Waals surface area contributed by atoms with E-state index in [0.717, 1.165) is 12.1 Å². The molecule has 0 spiro atoms. The van der Waals surface area contributed by atoms with E-state index >= 15 is 0 Å². The first kappa shape index (κ1) is 24.7. The average Bonchev–Trinajstić information content (AvgIpc) is 3.27. The van der Waals surface area contributed by atoms with Gasteiger partial charge in [0.05, 0.1) is 6.21 Å². The zero-order chi connectivity index (χ0) is 21.2. The Labute approximate surface area is 185 Å². The molecule has 2 rings (SSSR count). The Bertz CT molecular complexity index is 570. The SMILES string of the molecule is CCCCCCCCCCCCCCCCCCNC1(c2ccccc2)C=NN=N1. The van der Waals surface area contributed by atoms with Crippen LogP contribution in [-0.4, -0.2) is 12.8 Å². The molecule has 0 aromatic heterocycles. The van der Waals surface area contributed by atoms with Gasteiger partial charge in [-0.1, -0.05) is 134 Å². The molecule has 0 aliphatic carbocycles. The summed E-state index contributed by atoms with van der Waals surface area (Å²) < 4.78 is 0. The fraction of sp³-hybridized carbons (Fsp3) is 0.731. The summed E-state index contributed by atoms with van der Waals surface area (Å²) in [7, 11) is 0. The average molecular weight is 413 g/mol. The molecular formula is C26H44N4. The third kappa shape index (κ3) is 9.97. The highest BCUT2D eigenvalue weighted by atomic mass is 15.5. The second-order valence-electron chi connectivity index (χ2n) is 8.80. The van der Waals surface area contributed by atoms with Crippen LogP contribution >= 0.6 is 0 Å². The first-order chi connectivity index (χ1) is 14.9. The maximum atomic E-state index is 4.34. The van der Waals surface area contributed by atoms with E-state index in [0.29, 0.717) is 0 Å². The Balaban J connectivity index is 1.38. The highest BCUT2D eigenvalue weighted by molar-refractivity contribution is 5.73. The van der Waals surface area contributed by atoms with Gasteiger partial charge in [0.25, 0.3) is 0 Å². The van der Waals surface area contributed by atoms with Crippen LogP contribution < -0.4 is 5.32 Å². The predicted octanol–water partition coefficient (Wildman–Crippen LogP) is 8.14. The van der Waals surface area contributed by atoms with Gasteiger partial charge >= 0.3 is 0 Å². The molecule has 1 N–H and O–H groups in total. The second kappa shape index (κ2) is 16.2. The predicted molar refractivity (Wildman–Crippen MR) is 129 cm³/mol. The molecule has 168 valence electrons. The quantitative estimate of drug-likeness (QED) is 0.229. The Morgan fingerprint density at radius 2 is 1.17 bits per heavy atom. The van der Waals surface area contributed by atoms with Crippen LogP contribution in [-0.2, 0) is 5.66 Å². The summed E-state index contributed by atoms with van der Waals surface area (Å²) in [6.07, 6.45) is 24.2.